The molecule has 7 N–H and O–H groups in total. The molecule has 0 bridgehead atoms. The van der Waals surface area contributed by atoms with Gasteiger partial charge in [0.2, 0.25) is 17.7 Å². The summed E-state index contributed by atoms with van der Waals surface area (Å²) < 4.78 is 0. The van der Waals surface area contributed by atoms with Gasteiger partial charge in [-0.05, 0) is 12.5 Å². The highest BCUT2D eigenvalue weighted by molar-refractivity contribution is 5.93. The Labute approximate surface area is 156 Å². The van der Waals surface area contributed by atoms with Gasteiger partial charge in [-0.1, -0.05) is 30.3 Å². The molecule has 0 heterocycles. The molecule has 0 saturated heterocycles. The van der Waals surface area contributed by atoms with Gasteiger partial charge in [-0.25, -0.2) is 0 Å². The Morgan fingerprint density at radius 2 is 1.59 bits per heavy atom. The normalized spacial score (nSPS) is 13.7. The standard InChI is InChI=1S/C17H24N4O6/c1-10(18)15(25)21-13(9-22)17(27)20-12(16(26)19-8-14(23)24)7-11-5-3-2-4-6-11/h2-6,10,12-13,22H,7-9,18H2,1H3,(H,19,26)(H,20,27)(H,21,25)(H,23,24). The van der Waals surface area contributed by atoms with Crippen LogP contribution in [0.3, 0.4) is 0 Å². The fourth-order valence-electron chi connectivity index (χ4n) is 2.11. The molecule has 0 aliphatic carbocycles. The molecule has 0 aliphatic rings. The summed E-state index contributed by atoms with van der Waals surface area (Å²) in [6.07, 6.45) is 0.0947. The Morgan fingerprint density at radius 1 is 1.00 bits per heavy atom. The number of aliphatic hydroxyl groups is 1. The average Bonchev–Trinajstić information content (AvgIpc) is 2.63. The minimum absolute atomic E-state index is 0.0947. The van der Waals surface area contributed by atoms with E-state index in [1.165, 1.54) is 6.92 Å². The maximum atomic E-state index is 12.4. The van der Waals surface area contributed by atoms with E-state index in [0.29, 0.717) is 0 Å². The van der Waals surface area contributed by atoms with E-state index in [-0.39, 0.29) is 6.42 Å². The quantitative estimate of drug-likeness (QED) is 0.266. The van der Waals surface area contributed by atoms with E-state index in [2.05, 4.69) is 16.0 Å². The van der Waals surface area contributed by atoms with E-state index in [0.717, 1.165) is 5.56 Å². The monoisotopic (exact) mass is 380 g/mol. The predicted octanol–water partition coefficient (Wildman–Crippen LogP) is -2.26. The maximum absolute atomic E-state index is 12.4. The molecule has 3 atom stereocenters. The van der Waals surface area contributed by atoms with Crippen LogP contribution in [0.5, 0.6) is 0 Å². The summed E-state index contributed by atoms with van der Waals surface area (Å²) in [5, 5.41) is 24.9. The van der Waals surface area contributed by atoms with E-state index in [1.807, 2.05) is 0 Å². The second kappa shape index (κ2) is 10.9. The SMILES string of the molecule is CC(N)C(=O)NC(CO)C(=O)NC(Cc1ccccc1)C(=O)NCC(=O)O. The molecule has 10 nitrogen and oxygen atoms in total. The van der Waals surface area contributed by atoms with Crippen LogP contribution in [-0.2, 0) is 25.6 Å². The Hall–Kier alpha value is -2.98. The number of nitrogens with two attached hydrogens (primary N) is 1. The lowest BCUT2D eigenvalue weighted by Gasteiger charge is -2.22. The van der Waals surface area contributed by atoms with Crippen LogP contribution in [0, 0.1) is 0 Å². The minimum Gasteiger partial charge on any atom is -0.480 e. The molecule has 0 fully saturated rings. The largest absolute Gasteiger partial charge is 0.480 e. The summed E-state index contributed by atoms with van der Waals surface area (Å²) >= 11 is 0. The Morgan fingerprint density at radius 3 is 2.11 bits per heavy atom. The van der Waals surface area contributed by atoms with Crippen LogP contribution in [0.2, 0.25) is 0 Å². The Bertz CT molecular complexity index is 665. The second-order valence-electron chi connectivity index (χ2n) is 5.89. The first kappa shape index (κ1) is 22.1. The van der Waals surface area contributed by atoms with Gasteiger partial charge in [0.05, 0.1) is 12.6 Å². The second-order valence-corrected chi connectivity index (χ2v) is 5.89. The molecular formula is C17H24N4O6. The van der Waals surface area contributed by atoms with Crippen molar-refractivity contribution >= 4 is 23.7 Å². The highest BCUT2D eigenvalue weighted by Crippen LogP contribution is 2.04. The third-order valence-corrected chi connectivity index (χ3v) is 3.56. The molecule has 0 aliphatic heterocycles. The molecular weight excluding hydrogens is 356 g/mol. The molecule has 0 spiro atoms. The highest BCUT2D eigenvalue weighted by Gasteiger charge is 2.27. The van der Waals surface area contributed by atoms with Gasteiger partial charge in [0.25, 0.3) is 0 Å². The summed E-state index contributed by atoms with van der Waals surface area (Å²) in [5.41, 5.74) is 6.14. The van der Waals surface area contributed by atoms with E-state index < -0.39 is 55.0 Å². The number of rotatable bonds is 10. The lowest BCUT2D eigenvalue weighted by molar-refractivity contribution is -0.138. The molecule has 0 radical (unpaired) electrons. The van der Waals surface area contributed by atoms with Crippen LogP contribution in [0.25, 0.3) is 0 Å². The number of hydrogen-bond donors (Lipinski definition) is 6. The number of amides is 3. The number of carbonyl (C=O) groups excluding carboxylic acids is 3. The van der Waals surface area contributed by atoms with Gasteiger partial charge in [0.15, 0.2) is 0 Å². The zero-order valence-electron chi connectivity index (χ0n) is 14.8. The zero-order chi connectivity index (χ0) is 20.4. The van der Waals surface area contributed by atoms with E-state index >= 15 is 0 Å². The summed E-state index contributed by atoms with van der Waals surface area (Å²) in [4.78, 5) is 46.9. The van der Waals surface area contributed by atoms with Crippen molar-refractivity contribution in [3.63, 3.8) is 0 Å². The van der Waals surface area contributed by atoms with Crippen LogP contribution >= 0.6 is 0 Å². The molecule has 0 aromatic heterocycles. The lowest BCUT2D eigenvalue weighted by Crippen LogP contribution is -2.57. The molecule has 1 aromatic carbocycles. The number of carbonyl (C=O) groups is 4. The third-order valence-electron chi connectivity index (χ3n) is 3.56. The smallest absolute Gasteiger partial charge is 0.322 e. The van der Waals surface area contributed by atoms with Crippen molar-refractivity contribution in [2.24, 2.45) is 5.73 Å². The predicted molar refractivity (Wildman–Crippen MR) is 95.4 cm³/mol. The van der Waals surface area contributed by atoms with Crippen molar-refractivity contribution in [3.8, 4) is 0 Å². The molecule has 1 rings (SSSR count). The summed E-state index contributed by atoms with van der Waals surface area (Å²) in [5.74, 6) is -3.37. The van der Waals surface area contributed by atoms with E-state index in [4.69, 9.17) is 10.8 Å². The summed E-state index contributed by atoms with van der Waals surface area (Å²) in [6, 6.07) is 5.49. The molecule has 148 valence electrons. The lowest BCUT2D eigenvalue weighted by atomic mass is 10.0. The van der Waals surface area contributed by atoms with Gasteiger partial charge in [-0.15, -0.1) is 0 Å². The Balaban J connectivity index is 2.87. The van der Waals surface area contributed by atoms with Crippen LogP contribution in [0.1, 0.15) is 12.5 Å². The number of nitrogens with one attached hydrogen (secondary N) is 3. The van der Waals surface area contributed by atoms with Crippen molar-refractivity contribution in [3.05, 3.63) is 35.9 Å². The average molecular weight is 380 g/mol. The number of carboxylic acid groups (broad SMARTS) is 1. The first-order valence-electron chi connectivity index (χ1n) is 8.25. The summed E-state index contributed by atoms with van der Waals surface area (Å²) in [6.45, 7) is 0.114. The number of carboxylic acids is 1. The molecule has 3 unspecified atom stereocenters. The van der Waals surface area contributed by atoms with Gasteiger partial charge >= 0.3 is 5.97 Å². The molecule has 10 heteroatoms. The number of aliphatic hydroxyl groups excluding tert-OH is 1. The zero-order valence-corrected chi connectivity index (χ0v) is 14.8. The third kappa shape index (κ3) is 7.84. The molecule has 0 saturated carbocycles. The van der Waals surface area contributed by atoms with Crippen molar-refractivity contribution in [1.29, 1.82) is 0 Å². The topological polar surface area (TPSA) is 171 Å². The van der Waals surface area contributed by atoms with Crippen molar-refractivity contribution in [2.45, 2.75) is 31.5 Å². The minimum atomic E-state index is -1.30. The first-order valence-corrected chi connectivity index (χ1v) is 8.25. The fraction of sp³-hybridized carbons (Fsp3) is 0.412. The van der Waals surface area contributed by atoms with Crippen LogP contribution in [0.4, 0.5) is 0 Å². The van der Waals surface area contributed by atoms with Crippen molar-refractivity contribution in [1.82, 2.24) is 16.0 Å². The first-order chi connectivity index (χ1) is 12.7. The molecule has 27 heavy (non-hydrogen) atoms. The maximum Gasteiger partial charge on any atom is 0.322 e. The summed E-state index contributed by atoms with van der Waals surface area (Å²) in [7, 11) is 0. The van der Waals surface area contributed by atoms with Gasteiger partial charge in [-0.2, -0.15) is 0 Å². The van der Waals surface area contributed by atoms with Crippen molar-refractivity contribution in [2.75, 3.05) is 13.2 Å². The van der Waals surface area contributed by atoms with E-state index in [1.54, 1.807) is 30.3 Å². The fourth-order valence-corrected chi connectivity index (χ4v) is 2.11. The molecule has 1 aromatic rings. The number of hydrogen-bond acceptors (Lipinski definition) is 6. The van der Waals surface area contributed by atoms with E-state index in [9.17, 15) is 24.3 Å². The van der Waals surface area contributed by atoms with Gasteiger partial charge in [0, 0.05) is 6.42 Å². The number of benzene rings is 1. The molecule has 3 amide bonds. The van der Waals surface area contributed by atoms with Crippen molar-refractivity contribution < 1.29 is 29.4 Å². The highest BCUT2D eigenvalue weighted by atomic mass is 16.4. The number of aliphatic carboxylic acids is 1. The van der Waals surface area contributed by atoms with Crippen LogP contribution in [-0.4, -0.2) is 65.2 Å². The van der Waals surface area contributed by atoms with Gasteiger partial charge in [-0.3, -0.25) is 19.2 Å². The van der Waals surface area contributed by atoms with Gasteiger partial charge < -0.3 is 31.9 Å². The Kier molecular flexibility index (Phi) is 8.90. The van der Waals surface area contributed by atoms with Crippen LogP contribution in [0.15, 0.2) is 30.3 Å². The van der Waals surface area contributed by atoms with Crippen LogP contribution < -0.4 is 21.7 Å². The van der Waals surface area contributed by atoms with Gasteiger partial charge in [0.1, 0.15) is 18.6 Å².